The fourth-order valence-electron chi connectivity index (χ4n) is 1.85. The van der Waals surface area contributed by atoms with E-state index in [1.54, 1.807) is 11.8 Å². The Bertz CT molecular complexity index is 643. The third kappa shape index (κ3) is 3.73. The Hall–Kier alpha value is -1.50. The van der Waals surface area contributed by atoms with Crippen molar-refractivity contribution >= 4 is 22.9 Å². The third-order valence-electron chi connectivity index (χ3n) is 2.85. The number of rotatable bonds is 7. The summed E-state index contributed by atoms with van der Waals surface area (Å²) < 4.78 is 0. The number of aromatic nitrogens is 4. The predicted molar refractivity (Wildman–Crippen MR) is 76.8 cm³/mol. The van der Waals surface area contributed by atoms with Crippen LogP contribution in [0.2, 0.25) is 0 Å². The molecule has 6 nitrogen and oxygen atoms in total. The number of nitrogens with one attached hydrogen (secondary N) is 3. The van der Waals surface area contributed by atoms with Crippen molar-refractivity contribution in [2.75, 3.05) is 5.75 Å². The molecule has 3 N–H and O–H groups in total. The lowest BCUT2D eigenvalue weighted by atomic mass is 10.2. The molecule has 19 heavy (non-hydrogen) atoms. The van der Waals surface area contributed by atoms with Crippen molar-refractivity contribution in [2.45, 2.75) is 44.2 Å². The fourth-order valence-corrected chi connectivity index (χ4v) is 2.73. The Labute approximate surface area is 114 Å². The van der Waals surface area contributed by atoms with Gasteiger partial charge >= 0.3 is 5.69 Å². The Morgan fingerprint density at radius 2 is 1.84 bits per heavy atom. The minimum atomic E-state index is -0.528. The fraction of sp³-hybridized carbons (Fsp3) is 0.583. The zero-order chi connectivity index (χ0) is 13.7. The smallest absolute Gasteiger partial charge is 0.327 e. The standard InChI is InChI=1S/C12H18N4O2S/c1-2-3-4-5-6-7-19-12-13-8-9(15-12)14-11(18)16-10(8)17/h2-7H2,1H3,(H3,13,14,15,16,17,18). The first-order valence-corrected chi connectivity index (χ1v) is 7.54. The van der Waals surface area contributed by atoms with E-state index in [1.165, 1.54) is 25.7 Å². The summed E-state index contributed by atoms with van der Waals surface area (Å²) in [5, 5.41) is 0.679. The van der Waals surface area contributed by atoms with Crippen LogP contribution in [0.3, 0.4) is 0 Å². The van der Waals surface area contributed by atoms with Crippen molar-refractivity contribution in [3.63, 3.8) is 0 Å². The number of hydrogen-bond donors (Lipinski definition) is 3. The molecular weight excluding hydrogens is 264 g/mol. The van der Waals surface area contributed by atoms with Gasteiger partial charge in [-0.1, -0.05) is 44.4 Å². The van der Waals surface area contributed by atoms with Gasteiger partial charge in [0.25, 0.3) is 5.56 Å². The third-order valence-corrected chi connectivity index (χ3v) is 3.81. The average Bonchev–Trinajstić information content (AvgIpc) is 2.76. The van der Waals surface area contributed by atoms with Crippen LogP contribution in [0.25, 0.3) is 11.2 Å². The molecule has 0 aliphatic rings. The molecule has 2 heterocycles. The van der Waals surface area contributed by atoms with E-state index in [9.17, 15) is 9.59 Å². The van der Waals surface area contributed by atoms with E-state index in [0.29, 0.717) is 16.3 Å². The second-order valence-corrected chi connectivity index (χ2v) is 5.52. The van der Waals surface area contributed by atoms with Crippen molar-refractivity contribution < 1.29 is 0 Å². The summed E-state index contributed by atoms with van der Waals surface area (Å²) in [5.41, 5.74) is -0.309. The van der Waals surface area contributed by atoms with Crippen molar-refractivity contribution in [2.24, 2.45) is 0 Å². The van der Waals surface area contributed by atoms with Crippen molar-refractivity contribution in [1.29, 1.82) is 0 Å². The van der Waals surface area contributed by atoms with Crippen LogP contribution in [-0.4, -0.2) is 25.7 Å². The van der Waals surface area contributed by atoms with Crippen molar-refractivity contribution in [3.8, 4) is 0 Å². The van der Waals surface area contributed by atoms with Crippen LogP contribution in [0.4, 0.5) is 0 Å². The molecule has 0 spiro atoms. The maximum Gasteiger partial charge on any atom is 0.327 e. The molecule has 0 aromatic carbocycles. The number of aromatic amines is 3. The van der Waals surface area contributed by atoms with E-state index >= 15 is 0 Å². The quantitative estimate of drug-likeness (QED) is 0.535. The lowest BCUT2D eigenvalue weighted by Crippen LogP contribution is -2.21. The number of unbranched alkanes of at least 4 members (excludes halogenated alkanes) is 4. The number of nitrogens with zero attached hydrogens (tertiary/aromatic N) is 1. The molecule has 0 aliphatic heterocycles. The van der Waals surface area contributed by atoms with Crippen LogP contribution in [-0.2, 0) is 0 Å². The molecule has 0 bridgehead atoms. The number of hydrogen-bond acceptors (Lipinski definition) is 4. The molecule has 0 unspecified atom stereocenters. The van der Waals surface area contributed by atoms with Gasteiger partial charge in [-0.05, 0) is 6.42 Å². The van der Waals surface area contributed by atoms with Crippen LogP contribution in [0.5, 0.6) is 0 Å². The van der Waals surface area contributed by atoms with Gasteiger partial charge in [0, 0.05) is 5.75 Å². The molecule has 7 heteroatoms. The van der Waals surface area contributed by atoms with E-state index in [1.807, 2.05) is 0 Å². The lowest BCUT2D eigenvalue weighted by molar-refractivity contribution is 0.659. The number of thioether (sulfide) groups is 1. The van der Waals surface area contributed by atoms with E-state index in [4.69, 9.17) is 0 Å². The van der Waals surface area contributed by atoms with Crippen LogP contribution in [0, 0.1) is 0 Å². The zero-order valence-corrected chi connectivity index (χ0v) is 11.7. The van der Waals surface area contributed by atoms with Gasteiger partial charge in [-0.15, -0.1) is 0 Å². The van der Waals surface area contributed by atoms with E-state index in [0.717, 1.165) is 12.2 Å². The van der Waals surface area contributed by atoms with Crippen LogP contribution in [0.15, 0.2) is 14.7 Å². The molecule has 2 rings (SSSR count). The monoisotopic (exact) mass is 282 g/mol. The highest BCUT2D eigenvalue weighted by molar-refractivity contribution is 7.99. The SMILES string of the molecule is CCCCCCCSc1nc2[nH]c(=O)[nH]c(=O)c2[nH]1. The molecule has 0 amide bonds. The maximum atomic E-state index is 11.5. The van der Waals surface area contributed by atoms with Crippen molar-refractivity contribution in [3.05, 3.63) is 20.8 Å². The van der Waals surface area contributed by atoms with Gasteiger partial charge in [-0.25, -0.2) is 9.78 Å². The summed E-state index contributed by atoms with van der Waals surface area (Å²) in [5.74, 6) is 0.964. The second-order valence-electron chi connectivity index (χ2n) is 4.44. The molecule has 0 saturated heterocycles. The van der Waals surface area contributed by atoms with Gasteiger partial charge in [0.05, 0.1) is 0 Å². The minimum absolute atomic E-state index is 0.322. The minimum Gasteiger partial charge on any atom is -0.327 e. The van der Waals surface area contributed by atoms with Gasteiger partial charge in [0.2, 0.25) is 0 Å². The molecule has 0 radical (unpaired) electrons. The number of fused-ring (bicyclic) bond motifs is 1. The van der Waals surface area contributed by atoms with Gasteiger partial charge < -0.3 is 4.98 Å². The molecule has 2 aromatic heterocycles. The Kier molecular flexibility index (Phi) is 4.84. The summed E-state index contributed by atoms with van der Waals surface area (Å²) in [4.78, 5) is 34.4. The van der Waals surface area contributed by atoms with Crippen LogP contribution >= 0.6 is 11.8 Å². The number of H-pyrrole nitrogens is 3. The summed E-state index contributed by atoms with van der Waals surface area (Å²) in [7, 11) is 0. The van der Waals surface area contributed by atoms with Gasteiger partial charge in [-0.3, -0.25) is 14.8 Å². The predicted octanol–water partition coefficient (Wildman–Crippen LogP) is 2.00. The average molecular weight is 282 g/mol. The van der Waals surface area contributed by atoms with E-state index in [-0.39, 0.29) is 0 Å². The molecule has 0 atom stereocenters. The first-order chi connectivity index (χ1) is 9.20. The molecule has 0 saturated carbocycles. The first kappa shape index (κ1) is 13.9. The zero-order valence-electron chi connectivity index (χ0n) is 10.9. The van der Waals surface area contributed by atoms with E-state index < -0.39 is 11.2 Å². The first-order valence-electron chi connectivity index (χ1n) is 6.56. The Balaban J connectivity index is 1.93. The molecule has 0 fully saturated rings. The largest absolute Gasteiger partial charge is 0.327 e. The highest BCUT2D eigenvalue weighted by Crippen LogP contribution is 2.17. The topological polar surface area (TPSA) is 94.4 Å². The molecular formula is C12H18N4O2S. The summed E-state index contributed by atoms with van der Waals surface area (Å²) in [6, 6.07) is 0. The van der Waals surface area contributed by atoms with Gasteiger partial charge in [-0.2, -0.15) is 0 Å². The van der Waals surface area contributed by atoms with Gasteiger partial charge in [0.1, 0.15) is 5.52 Å². The highest BCUT2D eigenvalue weighted by atomic mass is 32.2. The van der Waals surface area contributed by atoms with Gasteiger partial charge in [0.15, 0.2) is 10.8 Å². The van der Waals surface area contributed by atoms with Crippen molar-refractivity contribution in [1.82, 2.24) is 19.9 Å². The number of imidazole rings is 1. The van der Waals surface area contributed by atoms with E-state index in [2.05, 4.69) is 26.9 Å². The lowest BCUT2D eigenvalue weighted by Gasteiger charge is -1.98. The molecule has 0 aliphatic carbocycles. The summed E-state index contributed by atoms with van der Waals surface area (Å²) >= 11 is 1.58. The molecule has 2 aromatic rings. The molecule has 104 valence electrons. The Morgan fingerprint density at radius 1 is 1.05 bits per heavy atom. The second kappa shape index (κ2) is 6.60. The summed E-state index contributed by atoms with van der Waals surface area (Å²) in [6.07, 6.45) is 6.15. The normalized spacial score (nSPS) is 11.2. The highest BCUT2D eigenvalue weighted by Gasteiger charge is 2.07. The van der Waals surface area contributed by atoms with Crippen LogP contribution in [0.1, 0.15) is 39.0 Å². The Morgan fingerprint density at radius 3 is 2.63 bits per heavy atom. The maximum absolute atomic E-state index is 11.5. The summed E-state index contributed by atoms with van der Waals surface area (Å²) in [6.45, 7) is 2.20. The van der Waals surface area contributed by atoms with Crippen LogP contribution < -0.4 is 11.2 Å².